The molecule has 2 aliphatic rings. The van der Waals surface area contributed by atoms with Crippen molar-refractivity contribution < 1.29 is 9.59 Å². The lowest BCUT2D eigenvalue weighted by Crippen LogP contribution is -2.49. The fraction of sp³-hybridized carbons (Fsp3) is 0.556. The molecule has 0 unspecified atom stereocenters. The summed E-state index contributed by atoms with van der Waals surface area (Å²) in [6.45, 7) is 7.83. The Morgan fingerprint density at radius 1 is 1.22 bits per heavy atom. The van der Waals surface area contributed by atoms with Crippen LogP contribution in [0.2, 0.25) is 0 Å². The first kappa shape index (κ1) is 15.8. The summed E-state index contributed by atoms with van der Waals surface area (Å²) in [5.74, 6) is 0.559. The summed E-state index contributed by atoms with van der Waals surface area (Å²) in [5, 5.41) is 3.54. The van der Waals surface area contributed by atoms with Crippen LogP contribution in [0.4, 0.5) is 11.4 Å². The Kier molecular flexibility index (Phi) is 4.28. The van der Waals surface area contributed by atoms with E-state index < -0.39 is 0 Å². The number of nitrogens with zero attached hydrogens (tertiary/aromatic N) is 2. The molecule has 1 aromatic carbocycles. The Bertz CT molecular complexity index is 614. The molecule has 2 atom stereocenters. The zero-order chi connectivity index (χ0) is 16.6. The summed E-state index contributed by atoms with van der Waals surface area (Å²) in [6, 6.07) is 8.23. The monoisotopic (exact) mass is 315 g/mol. The molecular weight excluding hydrogens is 290 g/mol. The van der Waals surface area contributed by atoms with Gasteiger partial charge in [-0.25, -0.2) is 0 Å². The van der Waals surface area contributed by atoms with Crippen molar-refractivity contribution in [1.29, 1.82) is 0 Å². The molecule has 1 aromatic rings. The highest BCUT2D eigenvalue weighted by Crippen LogP contribution is 2.34. The number of amides is 2. The summed E-state index contributed by atoms with van der Waals surface area (Å²) in [5.41, 5.74) is 1.97. The van der Waals surface area contributed by atoms with Crippen LogP contribution in [0.1, 0.15) is 27.2 Å². The first-order valence-corrected chi connectivity index (χ1v) is 8.40. The van der Waals surface area contributed by atoms with Crippen molar-refractivity contribution in [2.45, 2.75) is 33.2 Å². The van der Waals surface area contributed by atoms with Crippen LogP contribution < -0.4 is 10.2 Å². The lowest BCUT2D eigenvalue weighted by Gasteiger charge is -2.38. The highest BCUT2D eigenvalue weighted by molar-refractivity contribution is 5.99. The maximum absolute atomic E-state index is 13.1. The van der Waals surface area contributed by atoms with E-state index in [1.807, 2.05) is 29.2 Å². The number of carbonyl (C=O) groups is 2. The van der Waals surface area contributed by atoms with E-state index in [1.54, 1.807) is 11.8 Å². The number of fused-ring (bicyclic) bond motifs is 1. The molecule has 0 bridgehead atoms. The molecule has 2 heterocycles. The van der Waals surface area contributed by atoms with Gasteiger partial charge in [-0.05, 0) is 24.5 Å². The lowest BCUT2D eigenvalue weighted by atomic mass is 9.98. The molecule has 0 radical (unpaired) electrons. The topological polar surface area (TPSA) is 52.7 Å². The number of nitrogens with one attached hydrogen (secondary N) is 1. The minimum Gasteiger partial charge on any atom is -0.379 e. The van der Waals surface area contributed by atoms with E-state index in [0.29, 0.717) is 25.6 Å². The van der Waals surface area contributed by atoms with Gasteiger partial charge in [-0.2, -0.15) is 0 Å². The number of likely N-dealkylation sites (tertiary alicyclic amines) is 1. The van der Waals surface area contributed by atoms with E-state index in [-0.39, 0.29) is 23.8 Å². The van der Waals surface area contributed by atoms with Gasteiger partial charge in [0.1, 0.15) is 0 Å². The number of hydrogen-bond acceptors (Lipinski definition) is 3. The van der Waals surface area contributed by atoms with Gasteiger partial charge < -0.3 is 15.1 Å². The highest BCUT2D eigenvalue weighted by Gasteiger charge is 2.36. The third kappa shape index (κ3) is 3.05. The summed E-state index contributed by atoms with van der Waals surface area (Å²) in [6.07, 6.45) is 0.761. The molecule has 3 rings (SSSR count). The zero-order valence-corrected chi connectivity index (χ0v) is 14.1. The molecule has 2 aliphatic heterocycles. The van der Waals surface area contributed by atoms with Crippen molar-refractivity contribution in [3.8, 4) is 0 Å². The zero-order valence-electron chi connectivity index (χ0n) is 14.1. The van der Waals surface area contributed by atoms with Gasteiger partial charge in [0, 0.05) is 32.6 Å². The number of hydrogen-bond donors (Lipinski definition) is 1. The molecule has 124 valence electrons. The number of rotatable bonds is 2. The predicted octanol–water partition coefficient (Wildman–Crippen LogP) is 2.34. The Hall–Kier alpha value is -2.04. The van der Waals surface area contributed by atoms with E-state index in [4.69, 9.17) is 0 Å². The molecule has 5 heteroatoms. The highest BCUT2D eigenvalue weighted by atomic mass is 16.2. The first-order valence-electron chi connectivity index (χ1n) is 8.40. The molecule has 0 aliphatic carbocycles. The minimum absolute atomic E-state index is 0.0565. The number of para-hydroxylation sites is 2. The molecule has 2 amide bonds. The molecule has 0 aromatic heterocycles. The van der Waals surface area contributed by atoms with Crippen LogP contribution in [0, 0.1) is 11.8 Å². The number of benzene rings is 1. The van der Waals surface area contributed by atoms with E-state index in [2.05, 4.69) is 19.2 Å². The second-order valence-electron chi connectivity index (χ2n) is 6.91. The lowest BCUT2D eigenvalue weighted by molar-refractivity contribution is -0.128. The van der Waals surface area contributed by atoms with Crippen LogP contribution in [-0.2, 0) is 9.59 Å². The maximum atomic E-state index is 13.1. The third-order valence-electron chi connectivity index (χ3n) is 4.97. The van der Waals surface area contributed by atoms with Crippen LogP contribution in [0.15, 0.2) is 24.3 Å². The van der Waals surface area contributed by atoms with Crippen molar-refractivity contribution >= 4 is 23.2 Å². The summed E-state index contributed by atoms with van der Waals surface area (Å²) < 4.78 is 0. The van der Waals surface area contributed by atoms with Crippen molar-refractivity contribution in [2.75, 3.05) is 29.9 Å². The minimum atomic E-state index is -0.0853. The van der Waals surface area contributed by atoms with Crippen molar-refractivity contribution in [3.63, 3.8) is 0 Å². The first-order chi connectivity index (χ1) is 11.0. The van der Waals surface area contributed by atoms with Gasteiger partial charge in [-0.3, -0.25) is 9.59 Å². The molecule has 1 N–H and O–H groups in total. The van der Waals surface area contributed by atoms with Gasteiger partial charge in [0.05, 0.1) is 17.3 Å². The Balaban J connectivity index is 1.83. The molecule has 1 saturated heterocycles. The molecule has 1 fully saturated rings. The van der Waals surface area contributed by atoms with Crippen LogP contribution in [0.3, 0.4) is 0 Å². The Morgan fingerprint density at radius 3 is 2.61 bits per heavy atom. The maximum Gasteiger partial charge on any atom is 0.232 e. The van der Waals surface area contributed by atoms with Crippen LogP contribution in [0.25, 0.3) is 0 Å². The molecular formula is C18H25N3O2. The van der Waals surface area contributed by atoms with Gasteiger partial charge >= 0.3 is 0 Å². The van der Waals surface area contributed by atoms with Gasteiger partial charge in [0.2, 0.25) is 11.8 Å². The second kappa shape index (κ2) is 6.22. The number of carbonyl (C=O) groups excluding carboxylic acids is 2. The predicted molar refractivity (Wildman–Crippen MR) is 91.4 cm³/mol. The molecule has 0 saturated carbocycles. The van der Waals surface area contributed by atoms with Crippen LogP contribution >= 0.6 is 0 Å². The fourth-order valence-corrected chi connectivity index (χ4v) is 3.43. The molecule has 23 heavy (non-hydrogen) atoms. The van der Waals surface area contributed by atoms with E-state index in [1.165, 1.54) is 0 Å². The van der Waals surface area contributed by atoms with Gasteiger partial charge in [-0.15, -0.1) is 0 Å². The Labute approximate surface area is 137 Å². The average molecular weight is 315 g/mol. The van der Waals surface area contributed by atoms with Crippen molar-refractivity contribution in [1.82, 2.24) is 4.90 Å². The quantitative estimate of drug-likeness (QED) is 0.911. The van der Waals surface area contributed by atoms with Crippen LogP contribution in [-0.4, -0.2) is 42.4 Å². The van der Waals surface area contributed by atoms with Gasteiger partial charge in [0.15, 0.2) is 0 Å². The van der Waals surface area contributed by atoms with E-state index in [9.17, 15) is 9.59 Å². The van der Waals surface area contributed by atoms with Gasteiger partial charge in [-0.1, -0.05) is 26.0 Å². The fourth-order valence-electron chi connectivity index (χ4n) is 3.43. The van der Waals surface area contributed by atoms with Gasteiger partial charge in [0.25, 0.3) is 0 Å². The molecule has 0 spiro atoms. The summed E-state index contributed by atoms with van der Waals surface area (Å²) in [4.78, 5) is 28.3. The summed E-state index contributed by atoms with van der Waals surface area (Å²) >= 11 is 0. The standard InChI is InChI=1S/C18H25N3O2/c1-12(2)16-11-21(17-7-5-4-6-15(17)19-16)18(23)14-8-9-20(10-14)13(3)22/h4-7,12,14,16,19H,8-11H2,1-3H3/t14-,16+/m0/s1. The third-order valence-corrected chi connectivity index (χ3v) is 4.97. The second-order valence-corrected chi connectivity index (χ2v) is 6.91. The number of anilines is 2. The SMILES string of the molecule is CC(=O)N1CC[C@H](C(=O)N2C[C@H](C(C)C)Nc3ccccc32)C1. The van der Waals surface area contributed by atoms with E-state index in [0.717, 1.165) is 17.8 Å². The van der Waals surface area contributed by atoms with Crippen LogP contribution in [0.5, 0.6) is 0 Å². The largest absolute Gasteiger partial charge is 0.379 e. The average Bonchev–Trinajstić information content (AvgIpc) is 3.03. The molecule has 5 nitrogen and oxygen atoms in total. The van der Waals surface area contributed by atoms with Crippen molar-refractivity contribution in [2.24, 2.45) is 11.8 Å². The van der Waals surface area contributed by atoms with E-state index >= 15 is 0 Å². The van der Waals surface area contributed by atoms with Crippen molar-refractivity contribution in [3.05, 3.63) is 24.3 Å². The smallest absolute Gasteiger partial charge is 0.232 e. The Morgan fingerprint density at radius 2 is 1.96 bits per heavy atom. The summed E-state index contributed by atoms with van der Waals surface area (Å²) in [7, 11) is 0. The normalized spacial score (nSPS) is 23.7.